The summed E-state index contributed by atoms with van der Waals surface area (Å²) >= 11 is 0. The highest BCUT2D eigenvalue weighted by Crippen LogP contribution is 2.45. The first kappa shape index (κ1) is 16.9. The first-order valence-corrected chi connectivity index (χ1v) is 9.68. The van der Waals surface area contributed by atoms with Crippen LogP contribution in [0.25, 0.3) is 0 Å². The smallest absolute Gasteiger partial charge is 0.246 e. The lowest BCUT2D eigenvalue weighted by Gasteiger charge is -2.38. The van der Waals surface area contributed by atoms with Crippen LogP contribution in [0.5, 0.6) is 0 Å². The van der Waals surface area contributed by atoms with Gasteiger partial charge in [0.25, 0.3) is 0 Å². The molecule has 142 valence electrons. The molecule has 3 aromatic rings. The van der Waals surface area contributed by atoms with E-state index in [0.29, 0.717) is 0 Å². The lowest BCUT2D eigenvalue weighted by molar-refractivity contribution is -0.121. The van der Waals surface area contributed by atoms with Gasteiger partial charge in [0.15, 0.2) is 0 Å². The van der Waals surface area contributed by atoms with E-state index in [0.717, 1.165) is 48.7 Å². The molecular formula is C21H22N6O. The average Bonchev–Trinajstić information content (AvgIpc) is 3.33. The molecule has 2 aliphatic heterocycles. The van der Waals surface area contributed by atoms with E-state index < -0.39 is 5.41 Å². The van der Waals surface area contributed by atoms with Crippen molar-refractivity contribution in [3.8, 4) is 0 Å². The summed E-state index contributed by atoms with van der Waals surface area (Å²) < 4.78 is 1.87. The van der Waals surface area contributed by atoms with Gasteiger partial charge in [0.05, 0.1) is 11.5 Å². The number of hydrogen-bond acceptors (Lipinski definition) is 5. The second kappa shape index (κ2) is 6.44. The number of fused-ring (bicyclic) bond motifs is 2. The fourth-order valence-electron chi connectivity index (χ4n) is 4.48. The molecule has 1 atom stereocenters. The molecule has 1 fully saturated rings. The number of para-hydroxylation sites is 1. The molecular weight excluding hydrogens is 352 g/mol. The maximum atomic E-state index is 12.8. The van der Waals surface area contributed by atoms with E-state index in [2.05, 4.69) is 50.9 Å². The van der Waals surface area contributed by atoms with Crippen molar-refractivity contribution in [3.05, 3.63) is 65.7 Å². The highest BCUT2D eigenvalue weighted by atomic mass is 16.2. The van der Waals surface area contributed by atoms with Crippen LogP contribution in [-0.2, 0) is 10.2 Å². The number of nitrogens with one attached hydrogen (secondary N) is 1. The molecule has 28 heavy (non-hydrogen) atoms. The number of carbonyl (C=O) groups is 1. The van der Waals surface area contributed by atoms with Crippen molar-refractivity contribution in [1.29, 1.82) is 0 Å². The largest absolute Gasteiger partial charge is 0.340 e. The molecule has 2 aromatic carbocycles. The molecule has 1 N–H and O–H groups in total. The van der Waals surface area contributed by atoms with Gasteiger partial charge in [0.2, 0.25) is 11.9 Å². The number of piperidine rings is 1. The number of rotatable bonds is 3. The molecule has 1 saturated heterocycles. The fraction of sp³-hybridized carbons (Fsp3) is 0.333. The van der Waals surface area contributed by atoms with Crippen LogP contribution >= 0.6 is 0 Å². The summed E-state index contributed by atoms with van der Waals surface area (Å²) in [4.78, 5) is 15.0. The van der Waals surface area contributed by atoms with Gasteiger partial charge in [-0.05, 0) is 47.4 Å². The zero-order valence-electron chi connectivity index (χ0n) is 15.7. The third-order valence-electron chi connectivity index (χ3n) is 6.15. The van der Waals surface area contributed by atoms with Crippen LogP contribution in [0.2, 0.25) is 0 Å². The number of amides is 1. The van der Waals surface area contributed by atoms with Gasteiger partial charge >= 0.3 is 0 Å². The van der Waals surface area contributed by atoms with Crippen molar-refractivity contribution in [1.82, 2.24) is 20.2 Å². The minimum absolute atomic E-state index is 0.0394. The van der Waals surface area contributed by atoms with Crippen LogP contribution in [0.3, 0.4) is 0 Å². The normalized spacial score (nSPS) is 18.8. The molecule has 1 amide bonds. The van der Waals surface area contributed by atoms with Crippen molar-refractivity contribution in [2.24, 2.45) is 0 Å². The number of nitrogens with zero attached hydrogens (tertiary/aromatic N) is 5. The highest BCUT2D eigenvalue weighted by Gasteiger charge is 2.48. The number of aromatic nitrogens is 4. The Balaban J connectivity index is 1.39. The summed E-state index contributed by atoms with van der Waals surface area (Å²) in [6.45, 7) is 3.58. The summed E-state index contributed by atoms with van der Waals surface area (Å²) in [5, 5.41) is 15.5. The molecule has 2 aliphatic rings. The van der Waals surface area contributed by atoms with Gasteiger partial charge in [-0.3, -0.25) is 4.79 Å². The van der Waals surface area contributed by atoms with E-state index in [-0.39, 0.29) is 11.9 Å². The van der Waals surface area contributed by atoms with Gasteiger partial charge in [0, 0.05) is 18.8 Å². The van der Waals surface area contributed by atoms with Gasteiger partial charge in [-0.2, -0.15) is 0 Å². The summed E-state index contributed by atoms with van der Waals surface area (Å²) in [5.41, 5.74) is 2.80. The minimum Gasteiger partial charge on any atom is -0.340 e. The fourth-order valence-corrected chi connectivity index (χ4v) is 4.48. The van der Waals surface area contributed by atoms with E-state index in [1.165, 1.54) is 0 Å². The first-order valence-electron chi connectivity index (χ1n) is 9.68. The summed E-state index contributed by atoms with van der Waals surface area (Å²) in [6, 6.07) is 18.3. The maximum absolute atomic E-state index is 12.8. The number of carbonyl (C=O) groups excluding carboxylic acids is 1. The van der Waals surface area contributed by atoms with Gasteiger partial charge < -0.3 is 10.2 Å². The molecule has 0 saturated carbocycles. The van der Waals surface area contributed by atoms with Crippen molar-refractivity contribution >= 4 is 17.5 Å². The molecule has 3 heterocycles. The highest BCUT2D eigenvalue weighted by molar-refractivity contribution is 6.06. The van der Waals surface area contributed by atoms with Crippen LogP contribution in [0.1, 0.15) is 36.9 Å². The third kappa shape index (κ3) is 2.50. The van der Waals surface area contributed by atoms with E-state index in [1.807, 2.05) is 41.1 Å². The van der Waals surface area contributed by atoms with Crippen LogP contribution in [0, 0.1) is 0 Å². The molecule has 5 rings (SSSR count). The molecule has 1 spiro atoms. The summed E-state index contributed by atoms with van der Waals surface area (Å²) in [6.07, 6.45) is 1.50. The molecule has 0 aliphatic carbocycles. The van der Waals surface area contributed by atoms with E-state index >= 15 is 0 Å². The topological polar surface area (TPSA) is 75.9 Å². The molecule has 7 nitrogen and oxygen atoms in total. The van der Waals surface area contributed by atoms with Gasteiger partial charge in [-0.15, -0.1) is 0 Å². The molecule has 0 unspecified atom stereocenters. The number of anilines is 2. The standard InChI is InChI=1S/C21H22N6O/c1-15(16-7-3-2-4-8-16)27-20(23-24-25-27)26-13-11-21(12-14-26)17-9-5-6-10-18(17)22-19(21)28/h2-10,15H,11-14H2,1H3,(H,22,28)/t15-/m0/s1. The predicted octanol–water partition coefficient (Wildman–Crippen LogP) is 2.77. The minimum atomic E-state index is -0.434. The Morgan fingerprint density at radius 1 is 1.04 bits per heavy atom. The number of tetrazole rings is 1. The molecule has 7 heteroatoms. The van der Waals surface area contributed by atoms with Gasteiger partial charge in [0.1, 0.15) is 0 Å². The zero-order valence-corrected chi connectivity index (χ0v) is 15.7. The van der Waals surface area contributed by atoms with E-state index in [1.54, 1.807) is 0 Å². The van der Waals surface area contributed by atoms with E-state index in [4.69, 9.17) is 0 Å². The van der Waals surface area contributed by atoms with Crippen LogP contribution in [0.15, 0.2) is 54.6 Å². The lowest BCUT2D eigenvalue weighted by atomic mass is 9.74. The Labute approximate surface area is 163 Å². The quantitative estimate of drug-likeness (QED) is 0.763. The predicted molar refractivity (Wildman–Crippen MR) is 106 cm³/mol. The van der Waals surface area contributed by atoms with Crippen molar-refractivity contribution < 1.29 is 4.79 Å². The Morgan fingerprint density at radius 2 is 1.75 bits per heavy atom. The third-order valence-corrected chi connectivity index (χ3v) is 6.15. The Bertz CT molecular complexity index is 1010. The van der Waals surface area contributed by atoms with Gasteiger partial charge in [-0.1, -0.05) is 53.6 Å². The van der Waals surface area contributed by atoms with Crippen LogP contribution in [0.4, 0.5) is 11.6 Å². The summed E-state index contributed by atoms with van der Waals surface area (Å²) in [7, 11) is 0. The average molecular weight is 374 g/mol. The second-order valence-electron chi connectivity index (χ2n) is 7.58. The summed E-state index contributed by atoms with van der Waals surface area (Å²) in [5.74, 6) is 0.878. The van der Waals surface area contributed by atoms with Crippen molar-refractivity contribution in [2.45, 2.75) is 31.2 Å². The van der Waals surface area contributed by atoms with Crippen molar-refractivity contribution in [3.63, 3.8) is 0 Å². The van der Waals surface area contributed by atoms with E-state index in [9.17, 15) is 4.79 Å². The molecule has 0 radical (unpaired) electrons. The van der Waals surface area contributed by atoms with Gasteiger partial charge in [-0.25, -0.2) is 4.68 Å². The first-order chi connectivity index (χ1) is 13.7. The second-order valence-corrected chi connectivity index (χ2v) is 7.58. The van der Waals surface area contributed by atoms with Crippen LogP contribution in [-0.4, -0.2) is 39.2 Å². The zero-order chi connectivity index (χ0) is 19.1. The maximum Gasteiger partial charge on any atom is 0.246 e. The van der Waals surface area contributed by atoms with Crippen molar-refractivity contribution in [2.75, 3.05) is 23.3 Å². The molecule has 0 bridgehead atoms. The SMILES string of the molecule is C[C@@H](c1ccccc1)n1nnnc1N1CCC2(CC1)C(=O)Nc1ccccc12. The van der Waals surface area contributed by atoms with Crippen LogP contribution < -0.4 is 10.2 Å². The number of benzene rings is 2. The Hall–Kier alpha value is -3.22. The lowest BCUT2D eigenvalue weighted by Crippen LogP contribution is -2.47. The number of hydrogen-bond donors (Lipinski definition) is 1. The monoisotopic (exact) mass is 374 g/mol. The molecule has 1 aromatic heterocycles. The Kier molecular flexibility index (Phi) is 3.89. The Morgan fingerprint density at radius 3 is 2.54 bits per heavy atom.